The molecule has 3 N–H and O–H groups in total. The molecule has 1 amide bonds. The number of carbonyl (C=O) groups is 1. The number of nitrogens with one attached hydrogen (secondary N) is 1. The SMILES string of the molecule is CS(=O)(=O)c1ncc(C#CCCCC(=O)NCCOCCOCCOCCOCCOCCOCCOCCOCCN)cn1. The van der Waals surface area contributed by atoms with E-state index in [4.69, 9.17) is 43.6 Å². The van der Waals surface area contributed by atoms with E-state index >= 15 is 0 Å². The summed E-state index contributed by atoms with van der Waals surface area (Å²) in [6.07, 6.45) is 5.23. The van der Waals surface area contributed by atoms with Gasteiger partial charge in [-0.25, -0.2) is 18.4 Å². The van der Waals surface area contributed by atoms with E-state index in [9.17, 15) is 13.2 Å². The minimum atomic E-state index is -3.43. The van der Waals surface area contributed by atoms with E-state index in [1.54, 1.807) is 0 Å². The molecule has 0 atom stereocenters. The van der Waals surface area contributed by atoms with Crippen LogP contribution in [0.5, 0.6) is 0 Å². The second-order valence-corrected chi connectivity index (χ2v) is 11.1. The molecule has 0 unspecified atom stereocenters. The number of hydrogen-bond acceptors (Lipinski definition) is 14. The number of amides is 1. The zero-order valence-corrected chi connectivity index (χ0v) is 27.2. The molecule has 1 aromatic heterocycles. The number of carbonyl (C=O) groups excluding carboxylic acids is 1. The van der Waals surface area contributed by atoms with Gasteiger partial charge in [-0.05, 0) is 6.42 Å². The Kier molecular flexibility index (Phi) is 26.4. The van der Waals surface area contributed by atoms with E-state index in [2.05, 4.69) is 27.1 Å². The maximum atomic E-state index is 11.9. The number of hydrogen-bond donors (Lipinski definition) is 2. The summed E-state index contributed by atoms with van der Waals surface area (Å²) in [5.74, 6) is 5.70. The summed E-state index contributed by atoms with van der Waals surface area (Å²) >= 11 is 0. The van der Waals surface area contributed by atoms with Crippen molar-refractivity contribution < 1.29 is 51.1 Å². The van der Waals surface area contributed by atoms with E-state index in [1.165, 1.54) is 12.4 Å². The smallest absolute Gasteiger partial charge is 0.246 e. The van der Waals surface area contributed by atoms with Crippen LogP contribution in [-0.2, 0) is 52.5 Å². The van der Waals surface area contributed by atoms with Crippen molar-refractivity contribution in [2.75, 3.05) is 125 Å². The van der Waals surface area contributed by atoms with Crippen LogP contribution in [0.4, 0.5) is 0 Å². The molecule has 1 aromatic rings. The Labute approximate surface area is 267 Å². The molecule has 0 aromatic carbocycles. The monoisotopic (exact) mass is 662 g/mol. The van der Waals surface area contributed by atoms with Crippen LogP contribution in [-0.4, -0.2) is 149 Å². The Balaban J connectivity index is 1.76. The Morgan fingerprint density at radius 1 is 0.711 bits per heavy atom. The average molecular weight is 663 g/mol. The van der Waals surface area contributed by atoms with E-state index in [1.807, 2.05) is 0 Å². The minimum absolute atomic E-state index is 0.0739. The molecule has 1 rings (SSSR count). The molecular weight excluding hydrogens is 612 g/mol. The van der Waals surface area contributed by atoms with E-state index < -0.39 is 9.84 Å². The van der Waals surface area contributed by atoms with Crippen LogP contribution in [0.3, 0.4) is 0 Å². The van der Waals surface area contributed by atoms with Crippen molar-refractivity contribution in [2.45, 2.75) is 24.4 Å². The second-order valence-electron chi connectivity index (χ2n) is 9.22. The molecule has 0 saturated heterocycles. The Morgan fingerprint density at radius 2 is 1.11 bits per heavy atom. The van der Waals surface area contributed by atoms with Gasteiger partial charge >= 0.3 is 0 Å². The number of nitrogens with two attached hydrogens (primary N) is 1. The maximum absolute atomic E-state index is 11.9. The zero-order valence-electron chi connectivity index (χ0n) is 26.4. The molecular formula is C29H50N4O11S. The third-order valence-electron chi connectivity index (χ3n) is 5.33. The Bertz CT molecular complexity index is 1020. The summed E-state index contributed by atoms with van der Waals surface area (Å²) in [4.78, 5) is 19.4. The van der Waals surface area contributed by atoms with Crippen molar-refractivity contribution in [1.82, 2.24) is 15.3 Å². The van der Waals surface area contributed by atoms with Gasteiger partial charge in [0, 0.05) is 44.6 Å². The highest BCUT2D eigenvalue weighted by Crippen LogP contribution is 2.01. The van der Waals surface area contributed by atoms with E-state index in [0.29, 0.717) is 144 Å². The molecule has 45 heavy (non-hydrogen) atoms. The van der Waals surface area contributed by atoms with Crippen LogP contribution >= 0.6 is 0 Å². The summed E-state index contributed by atoms with van der Waals surface area (Å²) in [5.41, 5.74) is 5.84. The van der Waals surface area contributed by atoms with Gasteiger partial charge in [0.1, 0.15) is 0 Å². The molecule has 258 valence electrons. The summed E-state index contributed by atoms with van der Waals surface area (Å²) in [5, 5.41) is 2.56. The van der Waals surface area contributed by atoms with Crippen molar-refractivity contribution in [2.24, 2.45) is 5.73 Å². The fourth-order valence-electron chi connectivity index (χ4n) is 3.15. The van der Waals surface area contributed by atoms with Gasteiger partial charge in [0.2, 0.25) is 20.9 Å². The van der Waals surface area contributed by atoms with Crippen molar-refractivity contribution in [1.29, 1.82) is 0 Å². The molecule has 0 saturated carbocycles. The van der Waals surface area contributed by atoms with Crippen LogP contribution in [0.25, 0.3) is 0 Å². The molecule has 15 nitrogen and oxygen atoms in total. The largest absolute Gasteiger partial charge is 0.378 e. The van der Waals surface area contributed by atoms with Gasteiger partial charge in [0.25, 0.3) is 0 Å². The van der Waals surface area contributed by atoms with Crippen molar-refractivity contribution in [3.63, 3.8) is 0 Å². The number of nitrogens with zero attached hydrogens (tertiary/aromatic N) is 2. The molecule has 0 spiro atoms. The van der Waals surface area contributed by atoms with Crippen molar-refractivity contribution in [3.05, 3.63) is 18.0 Å². The summed E-state index contributed by atoms with van der Waals surface area (Å²) in [7, 11) is -3.43. The lowest BCUT2D eigenvalue weighted by Gasteiger charge is -2.09. The van der Waals surface area contributed by atoms with Crippen LogP contribution in [0.15, 0.2) is 17.6 Å². The molecule has 1 heterocycles. The van der Waals surface area contributed by atoms with Gasteiger partial charge in [-0.2, -0.15) is 0 Å². The van der Waals surface area contributed by atoms with Gasteiger partial charge in [-0.15, -0.1) is 0 Å². The first kappa shape index (κ1) is 40.7. The number of rotatable bonds is 30. The number of sulfone groups is 1. The van der Waals surface area contributed by atoms with Gasteiger partial charge in [0.05, 0.1) is 111 Å². The molecule has 0 radical (unpaired) electrons. The number of ether oxygens (including phenoxy) is 8. The first-order chi connectivity index (χ1) is 21.9. The predicted octanol–water partition coefficient (Wildman–Crippen LogP) is -0.390. The van der Waals surface area contributed by atoms with Gasteiger partial charge in [-0.3, -0.25) is 4.79 Å². The first-order valence-corrected chi connectivity index (χ1v) is 16.9. The normalized spacial score (nSPS) is 11.3. The maximum Gasteiger partial charge on any atom is 0.246 e. The highest BCUT2D eigenvalue weighted by atomic mass is 32.2. The standard InChI is InChI=1S/C29H50N4O11S/c1-45(35,36)29-32-25-27(26-33-29)5-3-2-4-6-28(34)31-8-10-38-12-14-40-16-18-42-20-22-44-24-23-43-21-19-41-17-15-39-13-11-37-9-7-30/h25-26H,2,4,6-24,30H2,1H3,(H,31,34). The van der Waals surface area contributed by atoms with E-state index in [-0.39, 0.29) is 11.1 Å². The summed E-state index contributed by atoms with van der Waals surface area (Å²) in [6, 6.07) is 0. The highest BCUT2D eigenvalue weighted by molar-refractivity contribution is 7.90. The van der Waals surface area contributed by atoms with Crippen LogP contribution in [0.1, 0.15) is 24.8 Å². The third kappa shape index (κ3) is 26.6. The van der Waals surface area contributed by atoms with Crippen LogP contribution in [0.2, 0.25) is 0 Å². The predicted molar refractivity (Wildman–Crippen MR) is 164 cm³/mol. The molecule has 0 aliphatic rings. The fraction of sp³-hybridized carbons (Fsp3) is 0.759. The average Bonchev–Trinajstić information content (AvgIpc) is 3.02. The molecule has 0 aliphatic carbocycles. The topological polar surface area (TPSA) is 189 Å². The molecule has 16 heteroatoms. The lowest BCUT2D eigenvalue weighted by atomic mass is 10.2. The third-order valence-corrected chi connectivity index (χ3v) is 6.21. The fourth-order valence-corrected chi connectivity index (χ4v) is 3.64. The second kappa shape index (κ2) is 29.1. The minimum Gasteiger partial charge on any atom is -0.378 e. The molecule has 0 fully saturated rings. The van der Waals surface area contributed by atoms with Crippen molar-refractivity contribution >= 4 is 15.7 Å². The molecule has 0 bridgehead atoms. The number of aromatic nitrogens is 2. The van der Waals surface area contributed by atoms with Gasteiger partial charge < -0.3 is 48.9 Å². The van der Waals surface area contributed by atoms with E-state index in [0.717, 1.165) is 6.26 Å². The summed E-state index contributed by atoms with van der Waals surface area (Å²) in [6.45, 7) is 8.69. The highest BCUT2D eigenvalue weighted by Gasteiger charge is 2.09. The van der Waals surface area contributed by atoms with Gasteiger partial charge in [0.15, 0.2) is 0 Å². The first-order valence-electron chi connectivity index (χ1n) is 15.0. The quantitative estimate of drug-likeness (QED) is 0.0616. The Hall–Kier alpha value is -2.30. The lowest BCUT2D eigenvalue weighted by Crippen LogP contribution is -2.27. The lowest BCUT2D eigenvalue weighted by molar-refractivity contribution is -0.121. The summed E-state index contributed by atoms with van der Waals surface area (Å²) < 4.78 is 65.9. The molecule has 0 aliphatic heterocycles. The Morgan fingerprint density at radius 3 is 1.51 bits per heavy atom. The van der Waals surface area contributed by atoms with Gasteiger partial charge in [-0.1, -0.05) is 11.8 Å². The van der Waals surface area contributed by atoms with Crippen LogP contribution in [0, 0.1) is 11.8 Å². The van der Waals surface area contributed by atoms with Crippen molar-refractivity contribution in [3.8, 4) is 11.8 Å². The number of unbranched alkanes of at least 4 members (excludes halogenated alkanes) is 1. The van der Waals surface area contributed by atoms with Crippen LogP contribution < -0.4 is 11.1 Å². The zero-order chi connectivity index (χ0) is 32.7.